The maximum Gasteiger partial charge on any atom is 0.319 e. The van der Waals surface area contributed by atoms with Crippen LogP contribution in [0.5, 0.6) is 11.5 Å². The van der Waals surface area contributed by atoms with Crippen LogP contribution in [-0.2, 0) is 0 Å². The summed E-state index contributed by atoms with van der Waals surface area (Å²) in [5.74, 6) is 2.69. The fourth-order valence-electron chi connectivity index (χ4n) is 3.18. The molecule has 9 nitrogen and oxygen atoms in total. The molecule has 0 saturated carbocycles. The topological polar surface area (TPSA) is 101 Å². The first-order chi connectivity index (χ1) is 14.1. The Labute approximate surface area is 170 Å². The normalized spacial score (nSPS) is 13.1. The zero-order valence-electron chi connectivity index (χ0n) is 17.1. The lowest BCUT2D eigenvalue weighted by Gasteiger charge is -2.17. The smallest absolute Gasteiger partial charge is 0.319 e. The van der Waals surface area contributed by atoms with Crippen LogP contribution in [0.2, 0.25) is 0 Å². The molecular formula is C20H28N6O3. The van der Waals surface area contributed by atoms with Gasteiger partial charge < -0.3 is 30.3 Å². The fourth-order valence-corrected chi connectivity index (χ4v) is 3.18. The zero-order valence-corrected chi connectivity index (χ0v) is 17.1. The highest BCUT2D eigenvalue weighted by molar-refractivity contribution is 5.89. The minimum atomic E-state index is -0.304. The van der Waals surface area contributed by atoms with Crippen LogP contribution in [0, 0.1) is 6.92 Å². The largest absolute Gasteiger partial charge is 0.493 e. The molecule has 0 atom stereocenters. The first-order valence-electron chi connectivity index (χ1n) is 9.70. The van der Waals surface area contributed by atoms with E-state index in [0.29, 0.717) is 36.2 Å². The Bertz CT molecular complexity index is 839. The first-order valence-corrected chi connectivity index (χ1v) is 9.70. The molecule has 0 spiro atoms. The van der Waals surface area contributed by atoms with Gasteiger partial charge in [0, 0.05) is 49.7 Å². The second kappa shape index (κ2) is 9.81. The Morgan fingerprint density at radius 3 is 2.55 bits per heavy atom. The quantitative estimate of drug-likeness (QED) is 0.586. The summed E-state index contributed by atoms with van der Waals surface area (Å²) in [5.41, 5.74) is 1.54. The third-order valence-corrected chi connectivity index (χ3v) is 4.61. The van der Waals surface area contributed by atoms with Crippen molar-refractivity contribution in [1.29, 1.82) is 0 Å². The van der Waals surface area contributed by atoms with Crippen molar-refractivity contribution in [2.24, 2.45) is 0 Å². The molecule has 2 aromatic rings. The fraction of sp³-hybridized carbons (Fsp3) is 0.450. The standard InChI is InChI=1S/C20H28N6O3/c1-14-12-18(26-10-4-5-11-26)25-19(23-14)21-8-9-22-20(27)24-15-6-7-16(28-2)17(13-15)29-3/h6-7,12-13H,4-5,8-11H2,1-3H3,(H,21,23,25)(H2,22,24,27). The second-order valence-corrected chi connectivity index (χ2v) is 6.76. The van der Waals surface area contributed by atoms with Crippen LogP contribution in [0.3, 0.4) is 0 Å². The molecule has 156 valence electrons. The summed E-state index contributed by atoms with van der Waals surface area (Å²) >= 11 is 0. The van der Waals surface area contributed by atoms with Gasteiger partial charge in [0.1, 0.15) is 5.82 Å². The molecule has 1 fully saturated rings. The Hall–Kier alpha value is -3.23. The Morgan fingerprint density at radius 1 is 1.07 bits per heavy atom. The highest BCUT2D eigenvalue weighted by Gasteiger charge is 2.15. The number of methoxy groups -OCH3 is 2. The maximum absolute atomic E-state index is 12.1. The van der Waals surface area contributed by atoms with Crippen molar-refractivity contribution in [3.05, 3.63) is 30.0 Å². The van der Waals surface area contributed by atoms with E-state index in [4.69, 9.17) is 9.47 Å². The summed E-state index contributed by atoms with van der Waals surface area (Å²) < 4.78 is 10.4. The third kappa shape index (κ3) is 5.63. The lowest BCUT2D eigenvalue weighted by molar-refractivity contribution is 0.252. The van der Waals surface area contributed by atoms with E-state index >= 15 is 0 Å². The molecule has 2 amide bonds. The number of hydrogen-bond acceptors (Lipinski definition) is 7. The lowest BCUT2D eigenvalue weighted by atomic mass is 10.3. The molecule has 1 aliphatic heterocycles. The van der Waals surface area contributed by atoms with Crippen molar-refractivity contribution >= 4 is 23.5 Å². The Morgan fingerprint density at radius 2 is 1.83 bits per heavy atom. The SMILES string of the molecule is COc1ccc(NC(=O)NCCNc2nc(C)cc(N3CCCC3)n2)cc1OC. The predicted octanol–water partition coefficient (Wildman–Crippen LogP) is 2.64. The van der Waals surface area contributed by atoms with E-state index in [-0.39, 0.29) is 6.03 Å². The predicted molar refractivity (Wildman–Crippen MR) is 113 cm³/mol. The van der Waals surface area contributed by atoms with E-state index in [2.05, 4.69) is 30.8 Å². The lowest BCUT2D eigenvalue weighted by Crippen LogP contribution is -2.33. The number of urea groups is 1. The number of anilines is 3. The van der Waals surface area contributed by atoms with Gasteiger partial charge in [0.25, 0.3) is 0 Å². The summed E-state index contributed by atoms with van der Waals surface area (Å²) in [4.78, 5) is 23.4. The first kappa shape index (κ1) is 20.5. The van der Waals surface area contributed by atoms with Gasteiger partial charge in [0.2, 0.25) is 5.95 Å². The van der Waals surface area contributed by atoms with Gasteiger partial charge in [-0.05, 0) is 31.9 Å². The molecule has 1 aliphatic rings. The number of ether oxygens (including phenoxy) is 2. The number of aryl methyl sites for hydroxylation is 1. The average Bonchev–Trinajstić information content (AvgIpc) is 3.26. The number of rotatable bonds is 8. The molecule has 9 heteroatoms. The summed E-state index contributed by atoms with van der Waals surface area (Å²) in [6, 6.07) is 6.90. The van der Waals surface area contributed by atoms with Crippen LogP contribution in [0.15, 0.2) is 24.3 Å². The Balaban J connectivity index is 1.46. The molecule has 0 unspecified atom stereocenters. The number of benzene rings is 1. The van der Waals surface area contributed by atoms with Crippen molar-refractivity contribution in [3.63, 3.8) is 0 Å². The van der Waals surface area contributed by atoms with Crippen LogP contribution in [0.1, 0.15) is 18.5 Å². The molecule has 3 rings (SSSR count). The number of nitrogens with zero attached hydrogens (tertiary/aromatic N) is 3. The molecule has 29 heavy (non-hydrogen) atoms. The monoisotopic (exact) mass is 400 g/mol. The minimum Gasteiger partial charge on any atom is -0.493 e. The molecule has 1 aromatic heterocycles. The highest BCUT2D eigenvalue weighted by Crippen LogP contribution is 2.29. The van der Waals surface area contributed by atoms with Crippen molar-refractivity contribution < 1.29 is 14.3 Å². The molecule has 0 aliphatic carbocycles. The molecule has 0 radical (unpaired) electrons. The van der Waals surface area contributed by atoms with E-state index < -0.39 is 0 Å². The van der Waals surface area contributed by atoms with Gasteiger partial charge in [0.15, 0.2) is 11.5 Å². The van der Waals surface area contributed by atoms with Gasteiger partial charge in [0.05, 0.1) is 14.2 Å². The van der Waals surface area contributed by atoms with E-state index in [1.54, 1.807) is 32.4 Å². The molecule has 0 bridgehead atoms. The van der Waals surface area contributed by atoms with Gasteiger partial charge in [-0.1, -0.05) is 0 Å². The average molecular weight is 400 g/mol. The number of nitrogens with one attached hydrogen (secondary N) is 3. The number of hydrogen-bond donors (Lipinski definition) is 3. The molecular weight excluding hydrogens is 372 g/mol. The molecule has 1 saturated heterocycles. The van der Waals surface area contributed by atoms with Crippen molar-refractivity contribution in [1.82, 2.24) is 15.3 Å². The van der Waals surface area contributed by atoms with Crippen molar-refractivity contribution in [3.8, 4) is 11.5 Å². The van der Waals surface area contributed by atoms with Crippen LogP contribution in [-0.4, -0.2) is 56.4 Å². The third-order valence-electron chi connectivity index (χ3n) is 4.61. The zero-order chi connectivity index (χ0) is 20.6. The van der Waals surface area contributed by atoms with E-state index in [1.165, 1.54) is 12.8 Å². The summed E-state index contributed by atoms with van der Waals surface area (Å²) in [7, 11) is 3.12. The number of carbonyl (C=O) groups is 1. The van der Waals surface area contributed by atoms with Crippen LogP contribution in [0.25, 0.3) is 0 Å². The van der Waals surface area contributed by atoms with E-state index in [1.807, 2.05) is 13.0 Å². The van der Waals surface area contributed by atoms with Crippen molar-refractivity contribution in [2.45, 2.75) is 19.8 Å². The number of carbonyl (C=O) groups excluding carboxylic acids is 1. The van der Waals surface area contributed by atoms with Crippen LogP contribution >= 0.6 is 0 Å². The molecule has 1 aromatic carbocycles. The van der Waals surface area contributed by atoms with Crippen LogP contribution < -0.4 is 30.3 Å². The molecule has 2 heterocycles. The second-order valence-electron chi connectivity index (χ2n) is 6.76. The van der Waals surface area contributed by atoms with Gasteiger partial charge in [-0.15, -0.1) is 0 Å². The minimum absolute atomic E-state index is 0.304. The maximum atomic E-state index is 12.1. The van der Waals surface area contributed by atoms with Gasteiger partial charge in [-0.2, -0.15) is 4.98 Å². The van der Waals surface area contributed by atoms with Gasteiger partial charge in [-0.25, -0.2) is 9.78 Å². The van der Waals surface area contributed by atoms with Gasteiger partial charge in [-0.3, -0.25) is 0 Å². The van der Waals surface area contributed by atoms with E-state index in [0.717, 1.165) is 24.6 Å². The Kier molecular flexibility index (Phi) is 6.94. The van der Waals surface area contributed by atoms with Crippen LogP contribution in [0.4, 0.5) is 22.2 Å². The van der Waals surface area contributed by atoms with E-state index in [9.17, 15) is 4.79 Å². The molecule has 3 N–H and O–H groups in total. The van der Waals surface area contributed by atoms with Gasteiger partial charge >= 0.3 is 6.03 Å². The van der Waals surface area contributed by atoms with Crippen molar-refractivity contribution in [2.75, 3.05) is 55.9 Å². The highest BCUT2D eigenvalue weighted by atomic mass is 16.5. The summed E-state index contributed by atoms with van der Waals surface area (Å²) in [6.07, 6.45) is 2.40. The number of amides is 2. The summed E-state index contributed by atoms with van der Waals surface area (Å²) in [5, 5.41) is 8.75. The number of aromatic nitrogens is 2. The summed E-state index contributed by atoms with van der Waals surface area (Å²) in [6.45, 7) is 4.97.